The molecule has 24 heavy (non-hydrogen) atoms. The fraction of sp³-hybridized carbons (Fsp3) is 0.267. The molecule has 4 rings (SSSR count). The molecule has 1 amide bonds. The number of hydrogen-bond acceptors (Lipinski definition) is 7. The number of amides is 1. The third kappa shape index (κ3) is 2.49. The maximum Gasteiger partial charge on any atom is 0.311 e. The Labute approximate surface area is 136 Å². The molecule has 1 N–H and O–H groups in total. The van der Waals surface area contributed by atoms with Gasteiger partial charge in [-0.25, -0.2) is 9.97 Å². The lowest BCUT2D eigenvalue weighted by Crippen LogP contribution is -2.36. The van der Waals surface area contributed by atoms with E-state index in [9.17, 15) is 4.79 Å². The van der Waals surface area contributed by atoms with Crippen LogP contribution in [0.5, 0.6) is 5.88 Å². The first-order chi connectivity index (χ1) is 11.7. The fourth-order valence-electron chi connectivity index (χ4n) is 2.57. The van der Waals surface area contributed by atoms with E-state index in [0.29, 0.717) is 31.0 Å². The predicted molar refractivity (Wildman–Crippen MR) is 81.1 cm³/mol. The molecular formula is C15H14N6O3. The molecule has 1 aliphatic heterocycles. The fourth-order valence-corrected chi connectivity index (χ4v) is 2.57. The predicted octanol–water partition coefficient (Wildman–Crippen LogP) is 1.06. The zero-order chi connectivity index (χ0) is 16.5. The van der Waals surface area contributed by atoms with Crippen molar-refractivity contribution in [2.45, 2.75) is 13.0 Å². The van der Waals surface area contributed by atoms with Crippen molar-refractivity contribution in [2.24, 2.45) is 0 Å². The smallest absolute Gasteiger partial charge is 0.311 e. The molecule has 1 aliphatic rings. The van der Waals surface area contributed by atoms with Crippen molar-refractivity contribution >= 4 is 5.91 Å². The lowest BCUT2D eigenvalue weighted by molar-refractivity contribution is 0.0692. The molecule has 0 atom stereocenters. The number of pyridine rings is 1. The molecule has 0 spiro atoms. The van der Waals surface area contributed by atoms with E-state index in [0.717, 1.165) is 11.4 Å². The minimum atomic E-state index is -0.296. The average Bonchev–Trinajstić information content (AvgIpc) is 3.30. The molecule has 0 unspecified atom stereocenters. The van der Waals surface area contributed by atoms with E-state index in [1.54, 1.807) is 29.6 Å². The van der Waals surface area contributed by atoms with Crippen LogP contribution >= 0.6 is 0 Å². The quantitative estimate of drug-likeness (QED) is 0.766. The van der Waals surface area contributed by atoms with Gasteiger partial charge < -0.3 is 19.0 Å². The third-order valence-corrected chi connectivity index (χ3v) is 3.86. The number of rotatable bonds is 3. The van der Waals surface area contributed by atoms with Gasteiger partial charge in [-0.15, -0.1) is 10.2 Å². The Hall–Kier alpha value is -3.23. The van der Waals surface area contributed by atoms with E-state index >= 15 is 0 Å². The Kier molecular flexibility index (Phi) is 3.45. The number of carbonyl (C=O) groups excluding carboxylic acids is 1. The summed E-state index contributed by atoms with van der Waals surface area (Å²) < 4.78 is 10.5. The van der Waals surface area contributed by atoms with Gasteiger partial charge in [0.05, 0.1) is 36.9 Å². The summed E-state index contributed by atoms with van der Waals surface area (Å²) >= 11 is 0. The van der Waals surface area contributed by atoms with Crippen LogP contribution in [-0.2, 0) is 13.0 Å². The van der Waals surface area contributed by atoms with Crippen LogP contribution in [0, 0.1) is 0 Å². The van der Waals surface area contributed by atoms with Crippen LogP contribution < -0.4 is 4.74 Å². The second-order valence-corrected chi connectivity index (χ2v) is 5.31. The van der Waals surface area contributed by atoms with E-state index < -0.39 is 0 Å². The van der Waals surface area contributed by atoms with Gasteiger partial charge in [-0.1, -0.05) is 0 Å². The van der Waals surface area contributed by atoms with Gasteiger partial charge in [-0.3, -0.25) is 4.79 Å². The highest BCUT2D eigenvalue weighted by atomic mass is 16.5. The van der Waals surface area contributed by atoms with E-state index in [1.807, 2.05) is 0 Å². The van der Waals surface area contributed by atoms with Gasteiger partial charge in [-0.2, -0.15) is 0 Å². The summed E-state index contributed by atoms with van der Waals surface area (Å²) in [5, 5.41) is 7.79. The summed E-state index contributed by atoms with van der Waals surface area (Å²) in [5.74, 6) is 0.394. The van der Waals surface area contributed by atoms with Crippen LogP contribution in [0.15, 0.2) is 29.1 Å². The lowest BCUT2D eigenvalue weighted by Gasteiger charge is -2.24. The Balaban J connectivity index is 1.53. The van der Waals surface area contributed by atoms with Crippen LogP contribution in [0.4, 0.5) is 0 Å². The molecule has 0 saturated heterocycles. The van der Waals surface area contributed by atoms with Gasteiger partial charge >= 0.3 is 11.8 Å². The minimum Gasteiger partial charge on any atom is -0.481 e. The number of nitrogens with one attached hydrogen (secondary N) is 1. The number of fused-ring (bicyclic) bond motifs is 1. The van der Waals surface area contributed by atoms with Gasteiger partial charge in [0.15, 0.2) is 0 Å². The van der Waals surface area contributed by atoms with E-state index in [4.69, 9.17) is 9.15 Å². The molecule has 9 nitrogen and oxygen atoms in total. The monoisotopic (exact) mass is 326 g/mol. The van der Waals surface area contributed by atoms with E-state index in [2.05, 4.69) is 25.1 Å². The maximum absolute atomic E-state index is 12.5. The zero-order valence-corrected chi connectivity index (χ0v) is 12.9. The van der Waals surface area contributed by atoms with E-state index in [1.165, 1.54) is 7.11 Å². The summed E-state index contributed by atoms with van der Waals surface area (Å²) in [6, 6.07) is 3.43. The lowest BCUT2D eigenvalue weighted by atomic mass is 10.1. The largest absolute Gasteiger partial charge is 0.481 e. The minimum absolute atomic E-state index is 0.0382. The van der Waals surface area contributed by atoms with Crippen LogP contribution in [0.25, 0.3) is 11.5 Å². The van der Waals surface area contributed by atoms with Crippen molar-refractivity contribution in [3.63, 3.8) is 0 Å². The summed E-state index contributed by atoms with van der Waals surface area (Å²) in [4.78, 5) is 25.5. The number of H-pyrrole nitrogens is 1. The molecule has 0 aromatic carbocycles. The Morgan fingerprint density at radius 3 is 3.04 bits per heavy atom. The van der Waals surface area contributed by atoms with Crippen molar-refractivity contribution in [2.75, 3.05) is 13.7 Å². The topological polar surface area (TPSA) is 110 Å². The number of carbonyl (C=O) groups is 1. The normalized spacial score (nSPS) is 13.6. The summed E-state index contributed by atoms with van der Waals surface area (Å²) in [7, 11) is 1.54. The van der Waals surface area contributed by atoms with Crippen molar-refractivity contribution < 1.29 is 13.9 Å². The first-order valence-electron chi connectivity index (χ1n) is 7.39. The molecule has 0 radical (unpaired) electrons. The number of aromatic amines is 1. The van der Waals surface area contributed by atoms with Crippen LogP contribution in [-0.4, -0.2) is 49.6 Å². The van der Waals surface area contributed by atoms with Crippen molar-refractivity contribution in [1.82, 2.24) is 30.0 Å². The third-order valence-electron chi connectivity index (χ3n) is 3.86. The molecule has 0 saturated carbocycles. The molecule has 9 heteroatoms. The Morgan fingerprint density at radius 2 is 2.25 bits per heavy atom. The number of hydrogen-bond donors (Lipinski definition) is 1. The molecule has 3 aromatic rings. The second-order valence-electron chi connectivity index (χ2n) is 5.31. The van der Waals surface area contributed by atoms with Crippen molar-refractivity contribution in [3.05, 3.63) is 41.9 Å². The van der Waals surface area contributed by atoms with Gasteiger partial charge in [-0.05, 0) is 6.07 Å². The van der Waals surface area contributed by atoms with Gasteiger partial charge in [0.25, 0.3) is 0 Å². The highest BCUT2D eigenvalue weighted by Crippen LogP contribution is 2.21. The summed E-state index contributed by atoms with van der Waals surface area (Å²) in [5.41, 5.74) is 2.56. The van der Waals surface area contributed by atoms with E-state index in [-0.39, 0.29) is 17.7 Å². The van der Waals surface area contributed by atoms with Crippen LogP contribution in [0.1, 0.15) is 22.1 Å². The van der Waals surface area contributed by atoms with Crippen molar-refractivity contribution in [1.29, 1.82) is 0 Å². The van der Waals surface area contributed by atoms with Gasteiger partial charge in [0, 0.05) is 25.2 Å². The number of nitrogens with zero attached hydrogens (tertiary/aromatic N) is 5. The number of ether oxygens (including phenoxy) is 1. The van der Waals surface area contributed by atoms with Crippen molar-refractivity contribution in [3.8, 4) is 17.3 Å². The molecule has 0 aliphatic carbocycles. The van der Waals surface area contributed by atoms with Crippen LogP contribution in [0.3, 0.4) is 0 Å². The summed E-state index contributed by atoms with van der Waals surface area (Å²) in [6.45, 7) is 1.02. The molecule has 0 fully saturated rings. The molecule has 0 bridgehead atoms. The standard InChI is InChI=1S/C15H14N6O3/c1-23-12-3-2-9(6-16-12)13-19-20-14(24-13)15(22)21-5-4-10-11(7-21)18-8-17-10/h2-3,6,8H,4-5,7H2,1H3,(H,17,18). The Morgan fingerprint density at radius 1 is 1.33 bits per heavy atom. The maximum atomic E-state index is 12.5. The second kappa shape index (κ2) is 5.76. The number of aromatic nitrogens is 5. The summed E-state index contributed by atoms with van der Waals surface area (Å²) in [6.07, 6.45) is 3.90. The number of imidazole rings is 1. The zero-order valence-electron chi connectivity index (χ0n) is 12.9. The highest BCUT2D eigenvalue weighted by molar-refractivity contribution is 5.89. The van der Waals surface area contributed by atoms with Gasteiger partial charge in [0.2, 0.25) is 11.8 Å². The van der Waals surface area contributed by atoms with Gasteiger partial charge in [0.1, 0.15) is 0 Å². The first kappa shape index (κ1) is 14.4. The average molecular weight is 326 g/mol. The SMILES string of the molecule is COc1ccc(-c2nnc(C(=O)N3CCc4nc[nH]c4C3)o2)cn1. The molecule has 3 aromatic heterocycles. The van der Waals surface area contributed by atoms with Crippen LogP contribution in [0.2, 0.25) is 0 Å². The first-order valence-corrected chi connectivity index (χ1v) is 7.39. The number of methoxy groups -OCH3 is 1. The molecule has 122 valence electrons. The highest BCUT2D eigenvalue weighted by Gasteiger charge is 2.27. The Bertz CT molecular complexity index is 869. The molecular weight excluding hydrogens is 312 g/mol. The molecule has 4 heterocycles.